The lowest BCUT2D eigenvalue weighted by molar-refractivity contribution is -0.384. The van der Waals surface area contributed by atoms with E-state index in [1.165, 1.54) is 12.1 Å². The van der Waals surface area contributed by atoms with Crippen molar-refractivity contribution in [1.82, 2.24) is 5.43 Å². The Labute approximate surface area is 150 Å². The fourth-order valence-electron chi connectivity index (χ4n) is 2.52. The topological polar surface area (TPSA) is 75.5 Å². The van der Waals surface area contributed by atoms with Crippen LogP contribution in [0.2, 0.25) is 0 Å². The molecule has 1 N–H and O–H groups in total. The molecule has 1 amide bonds. The lowest BCUT2D eigenvalue weighted by Crippen LogP contribution is -2.39. The molecule has 0 fully saturated rings. The Hall–Kier alpha value is -3.67. The SMILES string of the molecule is O=C(Cc1ccc([N+](=O)[O-])cc1)NN(c1ccccc1)c1ccccc1. The lowest BCUT2D eigenvalue weighted by Gasteiger charge is -2.25. The monoisotopic (exact) mass is 347 g/mol. The van der Waals surface area contributed by atoms with E-state index in [9.17, 15) is 14.9 Å². The van der Waals surface area contributed by atoms with E-state index in [4.69, 9.17) is 0 Å². The second kappa shape index (κ2) is 7.94. The second-order valence-electron chi connectivity index (χ2n) is 5.64. The number of amides is 1. The minimum atomic E-state index is -0.462. The van der Waals surface area contributed by atoms with Crippen molar-refractivity contribution in [1.29, 1.82) is 0 Å². The number of hydrogen-bond acceptors (Lipinski definition) is 4. The summed E-state index contributed by atoms with van der Waals surface area (Å²) in [5, 5.41) is 12.4. The van der Waals surface area contributed by atoms with Gasteiger partial charge in [-0.05, 0) is 29.8 Å². The van der Waals surface area contributed by atoms with Gasteiger partial charge in [0.15, 0.2) is 0 Å². The predicted molar refractivity (Wildman–Crippen MR) is 100.0 cm³/mol. The van der Waals surface area contributed by atoms with Gasteiger partial charge in [-0.15, -0.1) is 0 Å². The molecule has 6 nitrogen and oxygen atoms in total. The first-order chi connectivity index (χ1) is 12.6. The van der Waals surface area contributed by atoms with Gasteiger partial charge in [0, 0.05) is 12.1 Å². The van der Waals surface area contributed by atoms with Gasteiger partial charge in [0.2, 0.25) is 5.91 Å². The average Bonchev–Trinajstić information content (AvgIpc) is 2.68. The summed E-state index contributed by atoms with van der Waals surface area (Å²) in [5.41, 5.74) is 5.26. The number of hydrogen-bond donors (Lipinski definition) is 1. The maximum absolute atomic E-state index is 12.5. The standard InChI is InChI=1S/C20H17N3O3/c24-20(15-16-11-13-19(14-12-16)23(25)26)21-22(17-7-3-1-4-8-17)18-9-5-2-6-10-18/h1-14H,15H2,(H,21,24). The zero-order valence-corrected chi connectivity index (χ0v) is 13.9. The minimum absolute atomic E-state index is 0.00403. The molecular formula is C20H17N3O3. The molecule has 0 unspecified atom stereocenters. The van der Waals surface area contributed by atoms with Crippen LogP contribution in [0.1, 0.15) is 5.56 Å². The van der Waals surface area contributed by atoms with Crippen LogP contribution >= 0.6 is 0 Å². The van der Waals surface area contributed by atoms with Crippen molar-refractivity contribution in [3.63, 3.8) is 0 Å². The van der Waals surface area contributed by atoms with Gasteiger partial charge in [0.25, 0.3) is 5.69 Å². The maximum Gasteiger partial charge on any atom is 0.269 e. The van der Waals surface area contributed by atoms with Gasteiger partial charge < -0.3 is 0 Å². The number of nitro groups is 1. The van der Waals surface area contributed by atoms with Crippen LogP contribution in [0.4, 0.5) is 17.1 Å². The van der Waals surface area contributed by atoms with Crippen molar-refractivity contribution in [3.05, 3.63) is 101 Å². The summed E-state index contributed by atoms with van der Waals surface area (Å²) >= 11 is 0. The molecule has 3 aromatic carbocycles. The Morgan fingerprint density at radius 2 is 1.35 bits per heavy atom. The third kappa shape index (κ3) is 4.24. The molecule has 3 rings (SSSR count). The highest BCUT2D eigenvalue weighted by Gasteiger charge is 2.13. The second-order valence-corrected chi connectivity index (χ2v) is 5.64. The summed E-state index contributed by atoms with van der Waals surface area (Å²) in [4.78, 5) is 22.8. The summed E-state index contributed by atoms with van der Waals surface area (Å²) in [6, 6.07) is 25.0. The van der Waals surface area contributed by atoms with Gasteiger partial charge >= 0.3 is 0 Å². The van der Waals surface area contributed by atoms with E-state index < -0.39 is 4.92 Å². The Bertz CT molecular complexity index is 842. The quantitative estimate of drug-likeness (QED) is 0.540. The van der Waals surface area contributed by atoms with E-state index in [1.807, 2.05) is 60.7 Å². The smallest absolute Gasteiger partial charge is 0.269 e. The molecule has 0 radical (unpaired) electrons. The third-order valence-electron chi connectivity index (χ3n) is 3.78. The van der Waals surface area contributed by atoms with Crippen molar-refractivity contribution >= 4 is 23.0 Å². The number of anilines is 2. The van der Waals surface area contributed by atoms with Crippen molar-refractivity contribution in [2.24, 2.45) is 0 Å². The number of nitrogens with one attached hydrogen (secondary N) is 1. The van der Waals surface area contributed by atoms with Gasteiger partial charge in [0.1, 0.15) is 0 Å². The van der Waals surface area contributed by atoms with Crippen LogP contribution in [0.15, 0.2) is 84.9 Å². The van der Waals surface area contributed by atoms with Crippen LogP contribution in [-0.2, 0) is 11.2 Å². The van der Waals surface area contributed by atoms with E-state index in [0.29, 0.717) is 5.56 Å². The molecule has 0 saturated carbocycles. The van der Waals surface area contributed by atoms with E-state index in [-0.39, 0.29) is 18.0 Å². The third-order valence-corrected chi connectivity index (χ3v) is 3.78. The number of rotatable bonds is 6. The fraction of sp³-hybridized carbons (Fsp3) is 0.0500. The first-order valence-corrected chi connectivity index (χ1v) is 8.06. The highest BCUT2D eigenvalue weighted by Crippen LogP contribution is 2.22. The zero-order valence-electron chi connectivity index (χ0n) is 13.9. The van der Waals surface area contributed by atoms with Crippen molar-refractivity contribution in [3.8, 4) is 0 Å². The molecular weight excluding hydrogens is 330 g/mol. The predicted octanol–water partition coefficient (Wildman–Crippen LogP) is 4.01. The molecule has 0 bridgehead atoms. The molecule has 0 heterocycles. The number of benzene rings is 3. The molecule has 6 heteroatoms. The van der Waals surface area contributed by atoms with Gasteiger partial charge in [-0.3, -0.25) is 25.3 Å². The summed E-state index contributed by atoms with van der Waals surface area (Å²) in [5.74, 6) is -0.216. The number of nitro benzene ring substituents is 1. The first kappa shape index (κ1) is 17.2. The Morgan fingerprint density at radius 3 is 1.81 bits per heavy atom. The Balaban J connectivity index is 1.76. The van der Waals surface area contributed by atoms with E-state index in [0.717, 1.165) is 11.4 Å². The highest BCUT2D eigenvalue weighted by molar-refractivity contribution is 5.82. The molecule has 0 spiro atoms. The molecule has 0 aliphatic rings. The van der Waals surface area contributed by atoms with Crippen molar-refractivity contribution < 1.29 is 9.72 Å². The van der Waals surface area contributed by atoms with E-state index in [2.05, 4.69) is 5.43 Å². The number of nitrogens with zero attached hydrogens (tertiary/aromatic N) is 2. The van der Waals surface area contributed by atoms with Crippen LogP contribution in [0.5, 0.6) is 0 Å². The molecule has 26 heavy (non-hydrogen) atoms. The summed E-state index contributed by atoms with van der Waals surface area (Å²) in [6.07, 6.45) is 0.119. The van der Waals surface area contributed by atoms with Crippen LogP contribution < -0.4 is 10.4 Å². The van der Waals surface area contributed by atoms with Crippen LogP contribution in [0, 0.1) is 10.1 Å². The summed E-state index contributed by atoms with van der Waals surface area (Å²) in [6.45, 7) is 0. The average molecular weight is 347 g/mol. The number of carbonyl (C=O) groups is 1. The Kier molecular flexibility index (Phi) is 5.24. The molecule has 0 aliphatic carbocycles. The van der Waals surface area contributed by atoms with Gasteiger partial charge in [-0.1, -0.05) is 48.5 Å². The molecule has 0 saturated heterocycles. The fourth-order valence-corrected chi connectivity index (χ4v) is 2.52. The zero-order chi connectivity index (χ0) is 18.4. The van der Waals surface area contributed by atoms with Gasteiger partial charge in [0.05, 0.1) is 22.7 Å². The van der Waals surface area contributed by atoms with Crippen molar-refractivity contribution in [2.45, 2.75) is 6.42 Å². The molecule has 0 aliphatic heterocycles. The number of non-ortho nitro benzene ring substituents is 1. The van der Waals surface area contributed by atoms with E-state index in [1.54, 1.807) is 17.1 Å². The lowest BCUT2D eigenvalue weighted by atomic mass is 10.1. The normalized spacial score (nSPS) is 10.2. The molecule has 130 valence electrons. The van der Waals surface area contributed by atoms with Crippen LogP contribution in [-0.4, -0.2) is 10.8 Å². The number of carbonyl (C=O) groups excluding carboxylic acids is 1. The maximum atomic E-state index is 12.5. The highest BCUT2D eigenvalue weighted by atomic mass is 16.6. The van der Waals surface area contributed by atoms with Gasteiger partial charge in [-0.2, -0.15) is 0 Å². The first-order valence-electron chi connectivity index (χ1n) is 8.06. The molecule has 3 aromatic rings. The van der Waals surface area contributed by atoms with Gasteiger partial charge in [-0.25, -0.2) is 0 Å². The minimum Gasteiger partial charge on any atom is -0.273 e. The van der Waals surface area contributed by atoms with E-state index >= 15 is 0 Å². The van der Waals surface area contributed by atoms with Crippen molar-refractivity contribution in [2.75, 3.05) is 5.01 Å². The number of hydrazine groups is 1. The van der Waals surface area contributed by atoms with Crippen LogP contribution in [0.25, 0.3) is 0 Å². The largest absolute Gasteiger partial charge is 0.273 e. The van der Waals surface area contributed by atoms with Crippen LogP contribution in [0.3, 0.4) is 0 Å². The Morgan fingerprint density at radius 1 is 0.846 bits per heavy atom. The number of para-hydroxylation sites is 2. The molecule has 0 aromatic heterocycles. The summed E-state index contributed by atoms with van der Waals surface area (Å²) < 4.78 is 0. The molecule has 0 atom stereocenters. The summed E-state index contributed by atoms with van der Waals surface area (Å²) in [7, 11) is 0.